The molecule has 126 valence electrons. The second-order valence-electron chi connectivity index (χ2n) is 5.60. The highest BCUT2D eigenvalue weighted by Crippen LogP contribution is 2.15. The van der Waals surface area contributed by atoms with E-state index in [4.69, 9.17) is 0 Å². The summed E-state index contributed by atoms with van der Waals surface area (Å²) in [4.78, 5) is 25.4. The maximum absolute atomic E-state index is 12.3. The number of rotatable bonds is 7. The zero-order valence-electron chi connectivity index (χ0n) is 14.1. The van der Waals surface area contributed by atoms with Crippen LogP contribution in [0.5, 0.6) is 0 Å². The fourth-order valence-corrected chi connectivity index (χ4v) is 2.40. The first kappa shape index (κ1) is 17.7. The molecular weight excluding hydrogens is 302 g/mol. The first-order valence-corrected chi connectivity index (χ1v) is 8.00. The normalized spacial score (nSPS) is 10.5. The Morgan fingerprint density at radius 2 is 1.62 bits per heavy atom. The summed E-state index contributed by atoms with van der Waals surface area (Å²) in [5.74, 6) is -0.216. The van der Waals surface area contributed by atoms with Gasteiger partial charge in [0.05, 0.1) is 6.54 Å². The van der Waals surface area contributed by atoms with Crippen LogP contribution in [0.4, 0.5) is 11.4 Å². The van der Waals surface area contributed by atoms with E-state index in [1.807, 2.05) is 25.1 Å². The summed E-state index contributed by atoms with van der Waals surface area (Å²) in [7, 11) is 0. The molecule has 2 N–H and O–H groups in total. The molecular formula is C19H23N3O2. The largest absolute Gasteiger partial charge is 0.326 e. The third-order valence-corrected chi connectivity index (χ3v) is 3.53. The predicted octanol–water partition coefficient (Wildman–Crippen LogP) is 3.11. The van der Waals surface area contributed by atoms with E-state index in [2.05, 4.69) is 27.7 Å². The average Bonchev–Trinajstić information content (AvgIpc) is 2.54. The van der Waals surface area contributed by atoms with E-state index < -0.39 is 0 Å². The van der Waals surface area contributed by atoms with Crippen molar-refractivity contribution >= 4 is 23.2 Å². The SMILES string of the molecule is CCN(CC(=O)Nc1cccc(NC(C)=O)c1)Cc1ccccc1. The Bertz CT molecular complexity index is 686. The molecule has 2 aromatic rings. The average molecular weight is 325 g/mol. The number of hydrogen-bond donors (Lipinski definition) is 2. The maximum Gasteiger partial charge on any atom is 0.238 e. The quantitative estimate of drug-likeness (QED) is 0.822. The van der Waals surface area contributed by atoms with E-state index >= 15 is 0 Å². The summed E-state index contributed by atoms with van der Waals surface area (Å²) in [5.41, 5.74) is 2.51. The van der Waals surface area contributed by atoms with Crippen LogP contribution in [0.15, 0.2) is 54.6 Å². The lowest BCUT2D eigenvalue weighted by Crippen LogP contribution is -2.32. The number of likely N-dealkylation sites (N-methyl/N-ethyl adjacent to an activating group) is 1. The molecule has 0 fully saturated rings. The molecule has 2 amide bonds. The van der Waals surface area contributed by atoms with Gasteiger partial charge in [0.15, 0.2) is 0 Å². The minimum Gasteiger partial charge on any atom is -0.326 e. The van der Waals surface area contributed by atoms with Gasteiger partial charge < -0.3 is 10.6 Å². The van der Waals surface area contributed by atoms with Crippen LogP contribution in [0.1, 0.15) is 19.4 Å². The summed E-state index contributed by atoms with van der Waals surface area (Å²) in [6.45, 7) is 5.32. The Morgan fingerprint density at radius 1 is 0.958 bits per heavy atom. The van der Waals surface area contributed by atoms with E-state index in [-0.39, 0.29) is 11.8 Å². The molecule has 5 nitrogen and oxygen atoms in total. The fourth-order valence-electron chi connectivity index (χ4n) is 2.40. The molecule has 0 aliphatic heterocycles. The Labute approximate surface area is 142 Å². The van der Waals surface area contributed by atoms with Gasteiger partial charge in [-0.1, -0.05) is 43.3 Å². The lowest BCUT2D eigenvalue weighted by Gasteiger charge is -2.20. The number of amides is 2. The minimum absolute atomic E-state index is 0.0762. The predicted molar refractivity (Wildman–Crippen MR) is 96.8 cm³/mol. The molecule has 0 unspecified atom stereocenters. The summed E-state index contributed by atoms with van der Waals surface area (Å²) in [5, 5.41) is 5.58. The second-order valence-corrected chi connectivity index (χ2v) is 5.60. The molecule has 0 saturated carbocycles. The van der Waals surface area contributed by atoms with Crippen molar-refractivity contribution in [2.75, 3.05) is 23.7 Å². The molecule has 0 bridgehead atoms. The first-order chi connectivity index (χ1) is 11.6. The number of nitrogens with zero attached hydrogens (tertiary/aromatic N) is 1. The van der Waals surface area contributed by atoms with E-state index in [0.29, 0.717) is 17.9 Å². The van der Waals surface area contributed by atoms with Crippen molar-refractivity contribution in [2.45, 2.75) is 20.4 Å². The van der Waals surface area contributed by atoms with Crippen LogP contribution in [-0.2, 0) is 16.1 Å². The van der Waals surface area contributed by atoms with E-state index in [1.54, 1.807) is 24.3 Å². The maximum atomic E-state index is 12.3. The van der Waals surface area contributed by atoms with Gasteiger partial charge in [0.25, 0.3) is 0 Å². The zero-order chi connectivity index (χ0) is 17.4. The minimum atomic E-state index is -0.140. The van der Waals surface area contributed by atoms with Gasteiger partial charge in [-0.15, -0.1) is 0 Å². The topological polar surface area (TPSA) is 61.4 Å². The Balaban J connectivity index is 1.92. The molecule has 2 aromatic carbocycles. The molecule has 24 heavy (non-hydrogen) atoms. The van der Waals surface area contributed by atoms with Crippen LogP contribution >= 0.6 is 0 Å². The van der Waals surface area contributed by atoms with Crippen molar-refractivity contribution in [3.05, 3.63) is 60.2 Å². The molecule has 0 spiro atoms. The highest BCUT2D eigenvalue weighted by atomic mass is 16.2. The van der Waals surface area contributed by atoms with Crippen LogP contribution in [0.3, 0.4) is 0 Å². The van der Waals surface area contributed by atoms with Gasteiger partial charge in [0.1, 0.15) is 0 Å². The molecule has 2 rings (SSSR count). The van der Waals surface area contributed by atoms with Crippen LogP contribution in [0.25, 0.3) is 0 Å². The van der Waals surface area contributed by atoms with Crippen molar-refractivity contribution in [3.63, 3.8) is 0 Å². The van der Waals surface area contributed by atoms with Crippen molar-refractivity contribution in [1.82, 2.24) is 4.90 Å². The van der Waals surface area contributed by atoms with Gasteiger partial charge in [0.2, 0.25) is 11.8 Å². The summed E-state index contributed by atoms with van der Waals surface area (Å²) in [6, 6.07) is 17.2. The first-order valence-electron chi connectivity index (χ1n) is 8.00. The molecule has 0 radical (unpaired) electrons. The summed E-state index contributed by atoms with van der Waals surface area (Å²) >= 11 is 0. The Hall–Kier alpha value is -2.66. The van der Waals surface area contributed by atoms with E-state index in [9.17, 15) is 9.59 Å². The highest BCUT2D eigenvalue weighted by molar-refractivity contribution is 5.94. The van der Waals surface area contributed by atoms with Gasteiger partial charge in [-0.05, 0) is 30.3 Å². The van der Waals surface area contributed by atoms with E-state index in [1.165, 1.54) is 12.5 Å². The van der Waals surface area contributed by atoms with Gasteiger partial charge in [0, 0.05) is 24.8 Å². The number of benzene rings is 2. The van der Waals surface area contributed by atoms with Gasteiger partial charge >= 0.3 is 0 Å². The molecule has 0 aliphatic carbocycles. The second kappa shape index (κ2) is 8.84. The summed E-state index contributed by atoms with van der Waals surface area (Å²) < 4.78 is 0. The zero-order valence-corrected chi connectivity index (χ0v) is 14.1. The number of carbonyl (C=O) groups excluding carboxylic acids is 2. The molecule has 5 heteroatoms. The van der Waals surface area contributed by atoms with Crippen molar-refractivity contribution in [3.8, 4) is 0 Å². The number of anilines is 2. The van der Waals surface area contributed by atoms with E-state index in [0.717, 1.165) is 13.1 Å². The highest BCUT2D eigenvalue weighted by Gasteiger charge is 2.10. The van der Waals surface area contributed by atoms with Crippen molar-refractivity contribution in [2.24, 2.45) is 0 Å². The van der Waals surface area contributed by atoms with Crippen molar-refractivity contribution < 1.29 is 9.59 Å². The molecule has 0 atom stereocenters. The van der Waals surface area contributed by atoms with Crippen LogP contribution in [0.2, 0.25) is 0 Å². The lowest BCUT2D eigenvalue weighted by atomic mass is 10.2. The number of carbonyl (C=O) groups is 2. The number of nitrogens with one attached hydrogen (secondary N) is 2. The Morgan fingerprint density at radius 3 is 2.25 bits per heavy atom. The monoisotopic (exact) mass is 325 g/mol. The standard InChI is InChI=1S/C19H23N3O2/c1-3-22(13-16-8-5-4-6-9-16)14-19(24)21-18-11-7-10-17(12-18)20-15(2)23/h4-12H,3,13-14H2,1-2H3,(H,20,23)(H,21,24). The number of hydrogen-bond acceptors (Lipinski definition) is 3. The third-order valence-electron chi connectivity index (χ3n) is 3.53. The molecule has 0 heterocycles. The van der Waals surface area contributed by atoms with Crippen molar-refractivity contribution in [1.29, 1.82) is 0 Å². The fraction of sp³-hybridized carbons (Fsp3) is 0.263. The van der Waals surface area contributed by atoms with Crippen LogP contribution in [0, 0.1) is 0 Å². The molecule has 0 aliphatic rings. The summed E-state index contributed by atoms with van der Waals surface area (Å²) in [6.07, 6.45) is 0. The Kier molecular flexibility index (Phi) is 6.51. The molecule has 0 aromatic heterocycles. The molecule has 0 saturated heterocycles. The van der Waals surface area contributed by atoms with Crippen LogP contribution < -0.4 is 10.6 Å². The lowest BCUT2D eigenvalue weighted by molar-refractivity contribution is -0.117. The van der Waals surface area contributed by atoms with Gasteiger partial charge in [-0.3, -0.25) is 14.5 Å². The van der Waals surface area contributed by atoms with Crippen LogP contribution in [-0.4, -0.2) is 29.8 Å². The van der Waals surface area contributed by atoms with Gasteiger partial charge in [-0.2, -0.15) is 0 Å². The smallest absolute Gasteiger partial charge is 0.238 e. The van der Waals surface area contributed by atoms with Gasteiger partial charge in [-0.25, -0.2) is 0 Å². The third kappa shape index (κ3) is 5.85.